The maximum absolute atomic E-state index is 12.1. The topological polar surface area (TPSA) is 67.2 Å². The fourth-order valence-electron chi connectivity index (χ4n) is 2.69. The molecule has 0 aromatic carbocycles. The summed E-state index contributed by atoms with van der Waals surface area (Å²) in [5.74, 6) is 0.150. The second kappa shape index (κ2) is 7.49. The highest BCUT2D eigenvalue weighted by molar-refractivity contribution is 6.31. The Morgan fingerprint density at radius 3 is 2.83 bits per heavy atom. The number of aromatic nitrogens is 2. The van der Waals surface area contributed by atoms with Crippen LogP contribution in [0.4, 0.5) is 0 Å². The molecule has 1 saturated carbocycles. The predicted molar refractivity (Wildman–Crippen MR) is 92.3 cm³/mol. The first kappa shape index (κ1) is 18.0. The average molecular weight is 340 g/mol. The van der Waals surface area contributed by atoms with Gasteiger partial charge in [0.25, 0.3) is 0 Å². The lowest BCUT2D eigenvalue weighted by Crippen LogP contribution is -2.50. The molecule has 1 unspecified atom stereocenters. The lowest BCUT2D eigenvalue weighted by atomic mass is 9.97. The van der Waals surface area contributed by atoms with E-state index in [1.54, 1.807) is 10.8 Å². The van der Waals surface area contributed by atoms with E-state index in [9.17, 15) is 9.90 Å². The van der Waals surface area contributed by atoms with Gasteiger partial charge < -0.3 is 10.4 Å². The summed E-state index contributed by atoms with van der Waals surface area (Å²) in [7, 11) is 0. The lowest BCUT2D eigenvalue weighted by molar-refractivity contribution is -0.119. The highest BCUT2D eigenvalue weighted by atomic mass is 35.5. The van der Waals surface area contributed by atoms with Crippen molar-refractivity contribution in [3.8, 4) is 0 Å². The van der Waals surface area contributed by atoms with Crippen LogP contribution < -0.4 is 5.32 Å². The van der Waals surface area contributed by atoms with Gasteiger partial charge in [0.05, 0.1) is 17.8 Å². The summed E-state index contributed by atoms with van der Waals surface area (Å²) in [5, 5.41) is 17.4. The summed E-state index contributed by atoms with van der Waals surface area (Å²) in [6.45, 7) is 6.62. The first-order valence-electron chi connectivity index (χ1n) is 8.25. The highest BCUT2D eigenvalue weighted by Gasteiger charge is 2.41. The van der Waals surface area contributed by atoms with Crippen molar-refractivity contribution in [2.45, 2.75) is 58.5 Å². The van der Waals surface area contributed by atoms with E-state index >= 15 is 0 Å². The number of hydrogen-bond acceptors (Lipinski definition) is 3. The van der Waals surface area contributed by atoms with E-state index in [-0.39, 0.29) is 12.5 Å². The van der Waals surface area contributed by atoms with Crippen molar-refractivity contribution in [2.24, 2.45) is 5.92 Å². The molecule has 1 aliphatic carbocycles. The number of aryl methyl sites for hydroxylation is 2. The van der Waals surface area contributed by atoms with Crippen LogP contribution >= 0.6 is 11.6 Å². The standard InChI is InChI=1S/C17H26ClN3O2/c1-4-5-10-21-16(18)14(12(2)20-21)8-9-15(23)19-17(3,11-22)13-6-7-13/h8-9,13,22H,4-7,10-11H2,1-3H3,(H,19,23)/b9-8+. The van der Waals surface area contributed by atoms with E-state index in [0.717, 1.165) is 43.5 Å². The zero-order chi connectivity index (χ0) is 17.0. The molecule has 0 radical (unpaired) electrons. The number of aliphatic hydroxyl groups is 1. The van der Waals surface area contributed by atoms with Gasteiger partial charge in [-0.05, 0) is 45.1 Å². The molecule has 1 heterocycles. The number of rotatable bonds is 8. The molecule has 2 N–H and O–H groups in total. The van der Waals surface area contributed by atoms with Gasteiger partial charge in [-0.2, -0.15) is 5.10 Å². The van der Waals surface area contributed by atoms with Crippen LogP contribution in [0.5, 0.6) is 0 Å². The molecule has 2 rings (SSSR count). The first-order chi connectivity index (χ1) is 10.9. The van der Waals surface area contributed by atoms with Gasteiger partial charge in [-0.1, -0.05) is 24.9 Å². The molecule has 23 heavy (non-hydrogen) atoms. The van der Waals surface area contributed by atoms with Gasteiger partial charge >= 0.3 is 0 Å². The molecule has 1 fully saturated rings. The smallest absolute Gasteiger partial charge is 0.244 e. The van der Waals surface area contributed by atoms with Gasteiger partial charge in [0.15, 0.2) is 0 Å². The number of amides is 1. The van der Waals surface area contributed by atoms with Crippen LogP contribution in [-0.2, 0) is 11.3 Å². The minimum absolute atomic E-state index is 0.0496. The Labute approximate surface area is 142 Å². The number of hydrogen-bond donors (Lipinski definition) is 2. The van der Waals surface area contributed by atoms with Crippen LogP contribution in [0.15, 0.2) is 6.08 Å². The Morgan fingerprint density at radius 1 is 1.57 bits per heavy atom. The van der Waals surface area contributed by atoms with Gasteiger partial charge in [0.2, 0.25) is 5.91 Å². The molecular formula is C17H26ClN3O2. The molecule has 1 aromatic rings. The van der Waals surface area contributed by atoms with Crippen molar-refractivity contribution in [3.63, 3.8) is 0 Å². The number of carbonyl (C=O) groups is 1. The summed E-state index contributed by atoms with van der Waals surface area (Å²) >= 11 is 6.35. The summed E-state index contributed by atoms with van der Waals surface area (Å²) in [6, 6.07) is 0. The largest absolute Gasteiger partial charge is 0.394 e. The number of carbonyl (C=O) groups excluding carboxylic acids is 1. The second-order valence-corrected chi connectivity index (χ2v) is 6.90. The molecule has 5 nitrogen and oxygen atoms in total. The predicted octanol–water partition coefficient (Wildman–Crippen LogP) is 2.94. The van der Waals surface area contributed by atoms with Crippen LogP contribution in [0.3, 0.4) is 0 Å². The maximum Gasteiger partial charge on any atom is 0.244 e. The van der Waals surface area contributed by atoms with E-state index in [1.807, 2.05) is 13.8 Å². The molecule has 1 aromatic heterocycles. The van der Waals surface area contributed by atoms with Gasteiger partial charge in [-0.3, -0.25) is 9.48 Å². The molecule has 0 aliphatic heterocycles. The molecular weight excluding hydrogens is 314 g/mol. The average Bonchev–Trinajstić information content (AvgIpc) is 3.32. The number of nitrogens with zero attached hydrogens (tertiary/aromatic N) is 2. The molecule has 0 bridgehead atoms. The molecule has 6 heteroatoms. The third-order valence-electron chi connectivity index (χ3n) is 4.45. The third kappa shape index (κ3) is 4.36. The SMILES string of the molecule is CCCCn1nc(C)c(/C=C/C(=O)NC(C)(CO)C2CC2)c1Cl. The molecule has 0 saturated heterocycles. The van der Waals surface area contributed by atoms with E-state index in [2.05, 4.69) is 17.3 Å². The van der Waals surface area contributed by atoms with E-state index in [0.29, 0.717) is 11.1 Å². The number of halogens is 1. The lowest BCUT2D eigenvalue weighted by Gasteiger charge is -2.28. The van der Waals surface area contributed by atoms with Gasteiger partial charge in [0, 0.05) is 18.2 Å². The monoisotopic (exact) mass is 339 g/mol. The van der Waals surface area contributed by atoms with E-state index < -0.39 is 5.54 Å². The van der Waals surface area contributed by atoms with Gasteiger partial charge in [-0.25, -0.2) is 0 Å². The molecule has 128 valence electrons. The molecule has 0 spiro atoms. The zero-order valence-electron chi connectivity index (χ0n) is 14.1. The van der Waals surface area contributed by atoms with Crippen LogP contribution in [0.1, 0.15) is 50.8 Å². The number of nitrogens with one attached hydrogen (secondary N) is 1. The van der Waals surface area contributed by atoms with Crippen molar-refractivity contribution in [1.29, 1.82) is 0 Å². The maximum atomic E-state index is 12.1. The van der Waals surface area contributed by atoms with E-state index in [1.165, 1.54) is 6.08 Å². The van der Waals surface area contributed by atoms with Crippen LogP contribution in [-0.4, -0.2) is 32.9 Å². The Hall–Kier alpha value is -1.33. The first-order valence-corrected chi connectivity index (χ1v) is 8.63. The van der Waals surface area contributed by atoms with Crippen molar-refractivity contribution in [1.82, 2.24) is 15.1 Å². The van der Waals surface area contributed by atoms with Crippen molar-refractivity contribution in [3.05, 3.63) is 22.5 Å². The summed E-state index contributed by atoms with van der Waals surface area (Å²) < 4.78 is 1.78. The number of aliphatic hydroxyl groups excluding tert-OH is 1. The fourth-order valence-corrected chi connectivity index (χ4v) is 3.01. The Kier molecular flexibility index (Phi) is 5.87. The Balaban J connectivity index is 2.04. The zero-order valence-corrected chi connectivity index (χ0v) is 14.9. The van der Waals surface area contributed by atoms with Crippen LogP contribution in [0, 0.1) is 12.8 Å². The van der Waals surface area contributed by atoms with Crippen molar-refractivity contribution >= 4 is 23.6 Å². The van der Waals surface area contributed by atoms with Crippen LogP contribution in [0.25, 0.3) is 6.08 Å². The minimum Gasteiger partial charge on any atom is -0.394 e. The van der Waals surface area contributed by atoms with Gasteiger partial charge in [-0.15, -0.1) is 0 Å². The summed E-state index contributed by atoms with van der Waals surface area (Å²) in [6.07, 6.45) is 7.36. The normalized spacial score (nSPS) is 17.4. The number of unbranched alkanes of at least 4 members (excludes halogenated alkanes) is 1. The quantitative estimate of drug-likeness (QED) is 0.715. The van der Waals surface area contributed by atoms with Crippen molar-refractivity contribution < 1.29 is 9.90 Å². The Bertz CT molecular complexity index is 593. The Morgan fingerprint density at radius 2 is 2.26 bits per heavy atom. The second-order valence-electron chi connectivity index (χ2n) is 6.54. The molecule has 1 amide bonds. The third-order valence-corrected chi connectivity index (χ3v) is 4.85. The molecule has 1 aliphatic rings. The summed E-state index contributed by atoms with van der Waals surface area (Å²) in [5.41, 5.74) is 1.04. The van der Waals surface area contributed by atoms with Crippen molar-refractivity contribution in [2.75, 3.05) is 6.61 Å². The minimum atomic E-state index is -0.536. The van der Waals surface area contributed by atoms with E-state index in [4.69, 9.17) is 11.6 Å². The molecule has 1 atom stereocenters. The fraction of sp³-hybridized carbons (Fsp3) is 0.647. The highest BCUT2D eigenvalue weighted by Crippen LogP contribution is 2.39. The summed E-state index contributed by atoms with van der Waals surface area (Å²) in [4.78, 5) is 12.1. The van der Waals surface area contributed by atoms with Gasteiger partial charge in [0.1, 0.15) is 5.15 Å². The van der Waals surface area contributed by atoms with Crippen LogP contribution in [0.2, 0.25) is 5.15 Å².